The fourth-order valence-corrected chi connectivity index (χ4v) is 4.38. The second kappa shape index (κ2) is 11.3. The number of nitrogens with zero attached hydrogens (tertiary/aromatic N) is 6. The molecule has 174 valence electrons. The Morgan fingerprint density at radius 1 is 1.25 bits per heavy atom. The topological polar surface area (TPSA) is 92.5 Å². The molecule has 0 radical (unpaired) electrons. The standard InChI is InChI=1S/C23H36N8O/c1-3-24-23(27-19-8-9-21-28-20(17-32-2)29-31(21)16-19)26-15-18-10-11-25-22(14-18)30-12-6-4-5-7-13-30/h10-11,14,19H,3-9,12-13,15-17H2,1-2H3,(H2,24,26,27). The maximum atomic E-state index is 5.17. The third-order valence-electron chi connectivity index (χ3n) is 6.02. The molecule has 0 aromatic carbocycles. The van der Waals surface area contributed by atoms with Gasteiger partial charge in [0.2, 0.25) is 0 Å². The van der Waals surface area contributed by atoms with Crippen molar-refractivity contribution in [1.29, 1.82) is 0 Å². The number of ether oxygens (including phenoxy) is 1. The molecule has 9 heteroatoms. The summed E-state index contributed by atoms with van der Waals surface area (Å²) in [4.78, 5) is 16.5. The Labute approximate surface area is 190 Å². The van der Waals surface area contributed by atoms with Crippen molar-refractivity contribution in [3.63, 3.8) is 0 Å². The van der Waals surface area contributed by atoms with Gasteiger partial charge in [-0.25, -0.2) is 19.6 Å². The van der Waals surface area contributed by atoms with Crippen molar-refractivity contribution in [3.8, 4) is 0 Å². The largest absolute Gasteiger partial charge is 0.377 e. The number of aromatic nitrogens is 4. The molecule has 0 amide bonds. The van der Waals surface area contributed by atoms with E-state index in [-0.39, 0.29) is 6.04 Å². The molecule has 4 rings (SSSR count). The van der Waals surface area contributed by atoms with E-state index in [0.29, 0.717) is 13.2 Å². The van der Waals surface area contributed by atoms with Crippen molar-refractivity contribution in [2.24, 2.45) is 4.99 Å². The average Bonchev–Trinajstić information content (AvgIpc) is 3.01. The second-order valence-corrected chi connectivity index (χ2v) is 8.56. The van der Waals surface area contributed by atoms with Gasteiger partial charge in [-0.1, -0.05) is 12.8 Å². The molecular formula is C23H36N8O. The fourth-order valence-electron chi connectivity index (χ4n) is 4.38. The van der Waals surface area contributed by atoms with Crippen LogP contribution in [0.25, 0.3) is 0 Å². The summed E-state index contributed by atoms with van der Waals surface area (Å²) in [6.07, 6.45) is 8.96. The average molecular weight is 441 g/mol. The first kappa shape index (κ1) is 22.5. The number of hydrogen-bond donors (Lipinski definition) is 2. The Morgan fingerprint density at radius 3 is 2.88 bits per heavy atom. The molecule has 2 aromatic heterocycles. The highest BCUT2D eigenvalue weighted by Crippen LogP contribution is 2.19. The SMILES string of the molecule is CCNC(=NCc1ccnc(N2CCCCCC2)c1)NC1CCc2nc(COC)nn2C1. The van der Waals surface area contributed by atoms with E-state index < -0.39 is 0 Å². The molecule has 2 N–H and O–H groups in total. The van der Waals surface area contributed by atoms with Crippen LogP contribution >= 0.6 is 0 Å². The number of rotatable bonds is 7. The van der Waals surface area contributed by atoms with E-state index in [1.807, 2.05) is 10.9 Å². The van der Waals surface area contributed by atoms with Gasteiger partial charge in [-0.2, -0.15) is 5.10 Å². The van der Waals surface area contributed by atoms with Crippen LogP contribution in [0.3, 0.4) is 0 Å². The Morgan fingerprint density at radius 2 is 2.09 bits per heavy atom. The second-order valence-electron chi connectivity index (χ2n) is 8.56. The van der Waals surface area contributed by atoms with E-state index in [1.54, 1.807) is 7.11 Å². The molecule has 1 fully saturated rings. The summed E-state index contributed by atoms with van der Waals surface area (Å²) in [5.74, 6) is 3.71. The summed E-state index contributed by atoms with van der Waals surface area (Å²) >= 11 is 0. The quantitative estimate of drug-likeness (QED) is 0.504. The predicted octanol–water partition coefficient (Wildman–Crippen LogP) is 2.27. The Bertz CT molecular complexity index is 888. The minimum absolute atomic E-state index is 0.266. The molecule has 2 aromatic rings. The van der Waals surface area contributed by atoms with Crippen molar-refractivity contribution in [2.75, 3.05) is 31.6 Å². The van der Waals surface area contributed by atoms with E-state index in [1.165, 1.54) is 31.2 Å². The van der Waals surface area contributed by atoms with Gasteiger partial charge in [0.25, 0.3) is 0 Å². The number of guanidine groups is 1. The van der Waals surface area contributed by atoms with Crippen molar-refractivity contribution < 1.29 is 4.74 Å². The number of anilines is 1. The van der Waals surface area contributed by atoms with Gasteiger partial charge in [-0.15, -0.1) is 0 Å². The molecule has 0 saturated carbocycles. The summed E-state index contributed by atoms with van der Waals surface area (Å²) in [7, 11) is 1.67. The number of aliphatic imine (C=N–C) groups is 1. The molecule has 1 atom stereocenters. The molecule has 2 aliphatic rings. The first-order valence-electron chi connectivity index (χ1n) is 11.9. The lowest BCUT2D eigenvalue weighted by atomic mass is 10.1. The van der Waals surface area contributed by atoms with Crippen molar-refractivity contribution in [3.05, 3.63) is 35.5 Å². The summed E-state index contributed by atoms with van der Waals surface area (Å²) in [5.41, 5.74) is 1.18. The lowest BCUT2D eigenvalue weighted by Gasteiger charge is -2.25. The summed E-state index contributed by atoms with van der Waals surface area (Å²) in [5, 5.41) is 11.5. The predicted molar refractivity (Wildman–Crippen MR) is 126 cm³/mol. The zero-order valence-electron chi connectivity index (χ0n) is 19.4. The number of aryl methyl sites for hydroxylation is 1. The molecular weight excluding hydrogens is 404 g/mol. The monoisotopic (exact) mass is 440 g/mol. The highest BCUT2D eigenvalue weighted by molar-refractivity contribution is 5.80. The van der Waals surface area contributed by atoms with Gasteiger partial charge in [0.15, 0.2) is 11.8 Å². The summed E-state index contributed by atoms with van der Waals surface area (Å²) in [6.45, 7) is 6.97. The molecule has 0 aliphatic carbocycles. The van der Waals surface area contributed by atoms with Gasteiger partial charge in [0, 0.05) is 45.4 Å². The summed E-state index contributed by atoms with van der Waals surface area (Å²) < 4.78 is 7.16. The Kier molecular flexibility index (Phi) is 7.92. The van der Waals surface area contributed by atoms with E-state index in [9.17, 15) is 0 Å². The highest BCUT2D eigenvalue weighted by Gasteiger charge is 2.22. The smallest absolute Gasteiger partial charge is 0.191 e. The van der Waals surface area contributed by atoms with Crippen LogP contribution in [-0.2, 0) is 30.9 Å². The van der Waals surface area contributed by atoms with Crippen LogP contribution in [-0.4, -0.2) is 58.5 Å². The van der Waals surface area contributed by atoms with Crippen molar-refractivity contribution in [1.82, 2.24) is 30.4 Å². The zero-order valence-corrected chi connectivity index (χ0v) is 19.4. The number of methoxy groups -OCH3 is 1. The maximum absolute atomic E-state index is 5.17. The van der Waals surface area contributed by atoms with Gasteiger partial charge >= 0.3 is 0 Å². The first-order valence-corrected chi connectivity index (χ1v) is 11.9. The van der Waals surface area contributed by atoms with Crippen LogP contribution in [0.5, 0.6) is 0 Å². The van der Waals surface area contributed by atoms with E-state index >= 15 is 0 Å². The highest BCUT2D eigenvalue weighted by atomic mass is 16.5. The molecule has 32 heavy (non-hydrogen) atoms. The van der Waals surface area contributed by atoms with Gasteiger partial charge in [0.05, 0.1) is 13.1 Å². The normalized spacial score (nSPS) is 19.4. The lowest BCUT2D eigenvalue weighted by molar-refractivity contribution is 0.177. The molecule has 2 aliphatic heterocycles. The third-order valence-corrected chi connectivity index (χ3v) is 6.02. The Balaban J connectivity index is 1.38. The van der Waals surface area contributed by atoms with Crippen LogP contribution in [0.1, 0.15) is 56.2 Å². The molecule has 0 spiro atoms. The van der Waals surface area contributed by atoms with Crippen LogP contribution in [0.2, 0.25) is 0 Å². The van der Waals surface area contributed by atoms with Gasteiger partial charge in [-0.3, -0.25) is 0 Å². The zero-order chi connectivity index (χ0) is 22.2. The number of hydrogen-bond acceptors (Lipinski definition) is 6. The minimum atomic E-state index is 0.266. The Hall–Kier alpha value is -2.68. The van der Waals surface area contributed by atoms with Crippen LogP contribution < -0.4 is 15.5 Å². The minimum Gasteiger partial charge on any atom is -0.377 e. The summed E-state index contributed by atoms with van der Waals surface area (Å²) in [6, 6.07) is 4.52. The van der Waals surface area contributed by atoms with Crippen molar-refractivity contribution in [2.45, 2.75) is 71.2 Å². The van der Waals surface area contributed by atoms with E-state index in [4.69, 9.17) is 9.73 Å². The van der Waals surface area contributed by atoms with Gasteiger partial charge in [-0.05, 0) is 43.9 Å². The number of fused-ring (bicyclic) bond motifs is 1. The first-order chi connectivity index (χ1) is 15.7. The third kappa shape index (κ3) is 5.97. The number of pyridine rings is 1. The van der Waals surface area contributed by atoms with Gasteiger partial charge in [0.1, 0.15) is 18.2 Å². The van der Waals surface area contributed by atoms with Crippen LogP contribution in [0.4, 0.5) is 5.82 Å². The fraction of sp³-hybridized carbons (Fsp3) is 0.652. The molecule has 9 nitrogen and oxygen atoms in total. The lowest BCUT2D eigenvalue weighted by Crippen LogP contribution is -2.47. The molecule has 4 heterocycles. The van der Waals surface area contributed by atoms with Gasteiger partial charge < -0.3 is 20.3 Å². The van der Waals surface area contributed by atoms with E-state index in [2.05, 4.69) is 49.7 Å². The molecule has 1 unspecified atom stereocenters. The molecule has 0 bridgehead atoms. The van der Waals surface area contributed by atoms with Crippen molar-refractivity contribution >= 4 is 11.8 Å². The van der Waals surface area contributed by atoms with Crippen LogP contribution in [0.15, 0.2) is 23.3 Å². The maximum Gasteiger partial charge on any atom is 0.191 e. The van der Waals surface area contributed by atoms with Crippen LogP contribution in [0, 0.1) is 0 Å². The van der Waals surface area contributed by atoms with E-state index in [0.717, 1.165) is 62.4 Å². The molecule has 1 saturated heterocycles. The number of nitrogens with one attached hydrogen (secondary N) is 2.